The zero-order valence-corrected chi connectivity index (χ0v) is 18.9. The summed E-state index contributed by atoms with van der Waals surface area (Å²) in [7, 11) is 1.59. The van der Waals surface area contributed by atoms with Crippen LogP contribution in [0.5, 0.6) is 11.5 Å². The predicted octanol–water partition coefficient (Wildman–Crippen LogP) is 2.42. The highest BCUT2D eigenvalue weighted by Crippen LogP contribution is 2.32. The van der Waals surface area contributed by atoms with Crippen molar-refractivity contribution in [3.8, 4) is 17.4 Å². The zero-order valence-electron chi connectivity index (χ0n) is 18.9. The molecule has 10 heteroatoms. The quantitative estimate of drug-likeness (QED) is 0.257. The van der Waals surface area contributed by atoms with Crippen molar-refractivity contribution in [2.45, 2.75) is 19.3 Å². The number of nitrogens with two attached hydrogens (primary N) is 1. The van der Waals surface area contributed by atoms with Crippen molar-refractivity contribution < 1.29 is 9.47 Å². The number of ether oxygens (including phenoxy) is 2. The van der Waals surface area contributed by atoms with E-state index in [2.05, 4.69) is 20.1 Å². The largest absolute Gasteiger partial charge is 0.497 e. The Morgan fingerprint density at radius 3 is 2.50 bits per heavy atom. The van der Waals surface area contributed by atoms with E-state index in [0.717, 1.165) is 15.8 Å². The molecule has 2 aromatic carbocycles. The average molecular weight is 460 g/mol. The van der Waals surface area contributed by atoms with E-state index in [4.69, 9.17) is 20.6 Å². The summed E-state index contributed by atoms with van der Waals surface area (Å²) >= 11 is 0. The minimum Gasteiger partial charge on any atom is -0.497 e. The summed E-state index contributed by atoms with van der Waals surface area (Å²) in [5, 5.41) is 12.1. The van der Waals surface area contributed by atoms with Gasteiger partial charge in [-0.25, -0.2) is 14.8 Å². The van der Waals surface area contributed by atoms with E-state index in [1.807, 2.05) is 37.3 Å². The number of hydrogen-bond donors (Lipinski definition) is 3. The fraction of sp³-hybridized carbons (Fsp3) is 0.208. The average Bonchev–Trinajstić information content (AvgIpc) is 3.24. The predicted molar refractivity (Wildman–Crippen MR) is 127 cm³/mol. The highest BCUT2D eigenvalue weighted by molar-refractivity contribution is 5.94. The number of aromatic nitrogens is 5. The molecule has 4 N–H and O–H groups in total. The first-order valence-electron chi connectivity index (χ1n) is 10.7. The number of amidine groups is 1. The Morgan fingerprint density at radius 2 is 1.85 bits per heavy atom. The third-order valence-electron chi connectivity index (χ3n) is 5.26. The summed E-state index contributed by atoms with van der Waals surface area (Å²) < 4.78 is 12.4. The molecule has 0 fully saturated rings. The molecule has 4 aromatic rings. The summed E-state index contributed by atoms with van der Waals surface area (Å²) in [6.45, 7) is 2.41. The van der Waals surface area contributed by atoms with Crippen molar-refractivity contribution in [2.75, 3.05) is 13.7 Å². The molecule has 0 saturated heterocycles. The van der Waals surface area contributed by atoms with Gasteiger partial charge in [-0.1, -0.05) is 24.3 Å². The van der Waals surface area contributed by atoms with Crippen LogP contribution in [-0.2, 0) is 6.42 Å². The van der Waals surface area contributed by atoms with Crippen molar-refractivity contribution in [1.82, 2.24) is 24.7 Å². The van der Waals surface area contributed by atoms with Crippen LogP contribution in [-0.4, -0.2) is 44.3 Å². The molecule has 1 unspecified atom stereocenters. The lowest BCUT2D eigenvalue weighted by Gasteiger charge is -2.18. The maximum absolute atomic E-state index is 12.7. The maximum atomic E-state index is 12.7. The van der Waals surface area contributed by atoms with Gasteiger partial charge in [0.1, 0.15) is 23.2 Å². The second kappa shape index (κ2) is 9.99. The molecular weight excluding hydrogens is 434 g/mol. The SMILES string of the molecule is CCOc1cc(OC)cc(C(Cc2ccc(C(=N)N)cc2)c2nn(-c3ncccn3)c(=O)[nH]2)c1. The fourth-order valence-electron chi connectivity index (χ4n) is 3.62. The molecule has 0 aliphatic heterocycles. The van der Waals surface area contributed by atoms with Gasteiger partial charge in [0, 0.05) is 29.9 Å². The topological polar surface area (TPSA) is 145 Å². The number of nitrogens with zero attached hydrogens (tertiary/aromatic N) is 4. The van der Waals surface area contributed by atoms with Crippen molar-refractivity contribution in [3.63, 3.8) is 0 Å². The smallest absolute Gasteiger partial charge is 0.350 e. The number of methoxy groups -OCH3 is 1. The third kappa shape index (κ3) is 4.96. The van der Waals surface area contributed by atoms with Gasteiger partial charge in [0.15, 0.2) is 0 Å². The minimum atomic E-state index is -0.439. The van der Waals surface area contributed by atoms with E-state index in [1.165, 1.54) is 0 Å². The first kappa shape index (κ1) is 22.7. The minimum absolute atomic E-state index is 0.00295. The van der Waals surface area contributed by atoms with Crippen molar-refractivity contribution in [3.05, 3.63) is 93.9 Å². The van der Waals surface area contributed by atoms with Crippen LogP contribution in [0.3, 0.4) is 0 Å². The van der Waals surface area contributed by atoms with Crippen LogP contribution < -0.4 is 20.9 Å². The Bertz CT molecular complexity index is 1330. The molecule has 174 valence electrons. The van der Waals surface area contributed by atoms with Gasteiger partial charge in [-0.3, -0.25) is 10.4 Å². The molecule has 0 radical (unpaired) electrons. The van der Waals surface area contributed by atoms with Gasteiger partial charge in [0.2, 0.25) is 0 Å². The van der Waals surface area contributed by atoms with Crippen LogP contribution in [0, 0.1) is 5.41 Å². The second-order valence-electron chi connectivity index (χ2n) is 7.52. The summed E-state index contributed by atoms with van der Waals surface area (Å²) in [6, 6.07) is 14.7. The van der Waals surface area contributed by atoms with Gasteiger partial charge >= 0.3 is 5.69 Å². The Labute approximate surface area is 195 Å². The maximum Gasteiger partial charge on any atom is 0.350 e. The van der Waals surface area contributed by atoms with Crippen LogP contribution in [0.4, 0.5) is 0 Å². The highest BCUT2D eigenvalue weighted by Gasteiger charge is 2.23. The van der Waals surface area contributed by atoms with Crippen molar-refractivity contribution >= 4 is 5.84 Å². The summed E-state index contributed by atoms with van der Waals surface area (Å²) in [4.78, 5) is 23.8. The number of H-pyrrole nitrogens is 1. The lowest BCUT2D eigenvalue weighted by atomic mass is 9.90. The molecule has 0 bridgehead atoms. The number of aromatic amines is 1. The van der Waals surface area contributed by atoms with Crippen LogP contribution in [0.25, 0.3) is 5.95 Å². The van der Waals surface area contributed by atoms with E-state index in [9.17, 15) is 4.79 Å². The van der Waals surface area contributed by atoms with Gasteiger partial charge in [0.25, 0.3) is 5.95 Å². The molecule has 34 heavy (non-hydrogen) atoms. The van der Waals surface area contributed by atoms with Gasteiger partial charge < -0.3 is 15.2 Å². The van der Waals surface area contributed by atoms with E-state index in [-0.39, 0.29) is 17.7 Å². The standard InChI is InChI=1S/C24H25N7O3/c1-3-34-19-13-17(12-18(14-19)33-2)20(11-15-5-7-16(8-6-15)21(25)26)22-29-24(32)31(30-22)23-27-9-4-10-28-23/h4-10,12-14,20H,3,11H2,1-2H3,(H3,25,26)(H,29,30,32). The molecule has 4 rings (SSSR count). The van der Waals surface area contributed by atoms with Crippen LogP contribution in [0.15, 0.2) is 65.7 Å². The molecule has 0 spiro atoms. The molecule has 2 aromatic heterocycles. The normalized spacial score (nSPS) is 11.7. The number of hydrogen-bond acceptors (Lipinski definition) is 7. The Kier molecular flexibility index (Phi) is 6.67. The Morgan fingerprint density at radius 1 is 1.15 bits per heavy atom. The fourth-order valence-corrected chi connectivity index (χ4v) is 3.62. The van der Waals surface area contributed by atoms with E-state index >= 15 is 0 Å². The molecule has 10 nitrogen and oxygen atoms in total. The molecule has 0 saturated carbocycles. The van der Waals surface area contributed by atoms with E-state index in [1.54, 1.807) is 37.7 Å². The molecule has 1 atom stereocenters. The van der Waals surface area contributed by atoms with Crippen molar-refractivity contribution in [2.24, 2.45) is 5.73 Å². The lowest BCUT2D eigenvalue weighted by Crippen LogP contribution is -2.18. The number of nitrogen functional groups attached to an aromatic ring is 1. The van der Waals surface area contributed by atoms with Crippen LogP contribution in [0.1, 0.15) is 35.4 Å². The lowest BCUT2D eigenvalue weighted by molar-refractivity contribution is 0.335. The molecule has 0 aliphatic rings. The van der Waals surface area contributed by atoms with E-state index < -0.39 is 5.69 Å². The van der Waals surface area contributed by atoms with Crippen LogP contribution in [0.2, 0.25) is 0 Å². The molecule has 0 amide bonds. The Balaban J connectivity index is 1.80. The van der Waals surface area contributed by atoms with E-state index in [0.29, 0.717) is 35.9 Å². The number of benzene rings is 2. The highest BCUT2D eigenvalue weighted by atomic mass is 16.5. The summed E-state index contributed by atoms with van der Waals surface area (Å²) in [5.74, 6) is 1.58. The van der Waals surface area contributed by atoms with Crippen LogP contribution >= 0.6 is 0 Å². The van der Waals surface area contributed by atoms with Gasteiger partial charge in [-0.15, -0.1) is 9.78 Å². The number of rotatable bonds is 9. The first-order chi connectivity index (χ1) is 16.5. The Hall–Kier alpha value is -4.47. The first-order valence-corrected chi connectivity index (χ1v) is 10.7. The monoisotopic (exact) mass is 459 g/mol. The third-order valence-corrected chi connectivity index (χ3v) is 5.26. The summed E-state index contributed by atoms with van der Waals surface area (Å²) in [5.41, 5.74) is 7.62. The second-order valence-corrected chi connectivity index (χ2v) is 7.52. The van der Waals surface area contributed by atoms with Crippen molar-refractivity contribution in [1.29, 1.82) is 5.41 Å². The van der Waals surface area contributed by atoms with Gasteiger partial charge in [-0.05, 0) is 42.7 Å². The molecular formula is C24H25N7O3. The van der Waals surface area contributed by atoms with Gasteiger partial charge in [0.05, 0.1) is 13.7 Å². The summed E-state index contributed by atoms with van der Waals surface area (Å²) in [6.07, 6.45) is 3.61. The van der Waals surface area contributed by atoms with Gasteiger partial charge in [-0.2, -0.15) is 0 Å². The zero-order chi connectivity index (χ0) is 24.1. The molecule has 2 heterocycles. The number of nitrogens with one attached hydrogen (secondary N) is 2. The molecule has 0 aliphatic carbocycles.